The number of ether oxygens (including phenoxy) is 3. The van der Waals surface area contributed by atoms with Crippen LogP contribution in [0.15, 0.2) is 59.8 Å². The number of allylic oxidation sites excluding steroid dienone is 1. The van der Waals surface area contributed by atoms with Gasteiger partial charge >= 0.3 is 5.97 Å². The molecular formula is C24H26N4O4. The number of methoxy groups -OCH3 is 1. The third-order valence-corrected chi connectivity index (χ3v) is 5.18. The molecule has 1 aliphatic heterocycles. The van der Waals surface area contributed by atoms with Crippen molar-refractivity contribution in [3.63, 3.8) is 0 Å². The Morgan fingerprint density at radius 2 is 1.88 bits per heavy atom. The summed E-state index contributed by atoms with van der Waals surface area (Å²) >= 11 is 0. The Morgan fingerprint density at radius 1 is 1.09 bits per heavy atom. The lowest BCUT2D eigenvalue weighted by Gasteiger charge is -2.28. The highest BCUT2D eigenvalue weighted by atomic mass is 16.5. The number of anilines is 1. The first-order chi connectivity index (χ1) is 15.6. The summed E-state index contributed by atoms with van der Waals surface area (Å²) in [6.07, 6.45) is 0. The molecule has 4 rings (SSSR count). The third-order valence-electron chi connectivity index (χ3n) is 5.18. The van der Waals surface area contributed by atoms with E-state index in [1.54, 1.807) is 18.7 Å². The summed E-state index contributed by atoms with van der Waals surface area (Å²) in [5.41, 5.74) is 2.82. The van der Waals surface area contributed by atoms with Crippen molar-refractivity contribution >= 4 is 11.9 Å². The second-order valence-electron chi connectivity index (χ2n) is 7.20. The number of carbonyl (C=O) groups is 1. The van der Waals surface area contributed by atoms with E-state index < -0.39 is 12.0 Å². The number of nitrogens with one attached hydrogen (secondary N) is 1. The number of carbonyl (C=O) groups excluding carboxylic acids is 1. The normalized spacial score (nSPS) is 15.1. The number of hydrogen-bond acceptors (Lipinski definition) is 7. The van der Waals surface area contributed by atoms with E-state index in [0.29, 0.717) is 41.1 Å². The molecule has 0 spiro atoms. The zero-order chi connectivity index (χ0) is 22.7. The number of benzene rings is 2. The zero-order valence-electron chi connectivity index (χ0n) is 18.6. The minimum absolute atomic E-state index is 0.272. The summed E-state index contributed by atoms with van der Waals surface area (Å²) in [6, 6.07) is 14.8. The number of fused-ring (bicyclic) bond motifs is 1. The molecule has 0 aliphatic carbocycles. The van der Waals surface area contributed by atoms with Gasteiger partial charge in [0.15, 0.2) is 17.3 Å². The van der Waals surface area contributed by atoms with Gasteiger partial charge in [0.1, 0.15) is 6.04 Å². The molecule has 0 amide bonds. The van der Waals surface area contributed by atoms with Crippen molar-refractivity contribution in [2.75, 3.05) is 25.6 Å². The van der Waals surface area contributed by atoms with Crippen molar-refractivity contribution in [1.29, 1.82) is 0 Å². The van der Waals surface area contributed by atoms with Gasteiger partial charge in [-0.2, -0.15) is 4.98 Å². The Bertz CT molecular complexity index is 1150. The van der Waals surface area contributed by atoms with Crippen LogP contribution in [0, 0.1) is 0 Å². The molecule has 0 radical (unpaired) electrons. The van der Waals surface area contributed by atoms with Gasteiger partial charge in [0.25, 0.3) is 0 Å². The minimum atomic E-state index is -0.542. The van der Waals surface area contributed by atoms with Gasteiger partial charge in [-0.05, 0) is 38.5 Å². The molecule has 8 nitrogen and oxygen atoms in total. The van der Waals surface area contributed by atoms with Crippen molar-refractivity contribution in [3.8, 4) is 22.9 Å². The van der Waals surface area contributed by atoms with E-state index in [2.05, 4.69) is 10.3 Å². The summed E-state index contributed by atoms with van der Waals surface area (Å²) in [7, 11) is 1.59. The van der Waals surface area contributed by atoms with Gasteiger partial charge in [0, 0.05) is 11.3 Å². The predicted molar refractivity (Wildman–Crippen MR) is 121 cm³/mol. The van der Waals surface area contributed by atoms with Gasteiger partial charge in [0.2, 0.25) is 5.95 Å². The van der Waals surface area contributed by atoms with Crippen LogP contribution in [-0.2, 0) is 9.53 Å². The first-order valence-corrected chi connectivity index (χ1v) is 10.5. The average molecular weight is 434 g/mol. The molecule has 2 heterocycles. The van der Waals surface area contributed by atoms with Crippen LogP contribution >= 0.6 is 0 Å². The maximum atomic E-state index is 13.0. The standard InChI is InChI=1S/C24H26N4O4/c1-5-31-18-13-12-17(14-19(18)30-4)21-20(23(29)32-6-2)15(3)25-24-26-22(27-28(21)24)16-10-8-7-9-11-16/h7-14,21H,5-6H2,1-4H3,(H,25,26,27). The fourth-order valence-corrected chi connectivity index (χ4v) is 3.77. The molecule has 166 valence electrons. The van der Waals surface area contributed by atoms with Crippen molar-refractivity contribution in [3.05, 3.63) is 65.4 Å². The molecule has 0 saturated heterocycles. The van der Waals surface area contributed by atoms with Crippen molar-refractivity contribution in [1.82, 2.24) is 14.8 Å². The van der Waals surface area contributed by atoms with Crippen LogP contribution in [0.2, 0.25) is 0 Å². The lowest BCUT2D eigenvalue weighted by Crippen LogP contribution is -2.29. The van der Waals surface area contributed by atoms with E-state index >= 15 is 0 Å². The van der Waals surface area contributed by atoms with Gasteiger partial charge in [0.05, 0.1) is 25.9 Å². The maximum absolute atomic E-state index is 13.0. The molecule has 2 aromatic carbocycles. The first-order valence-electron chi connectivity index (χ1n) is 10.5. The van der Waals surface area contributed by atoms with Crippen LogP contribution in [0.1, 0.15) is 32.4 Å². The summed E-state index contributed by atoms with van der Waals surface area (Å²) < 4.78 is 18.3. The van der Waals surface area contributed by atoms with Crippen molar-refractivity contribution < 1.29 is 19.0 Å². The summed E-state index contributed by atoms with van der Waals surface area (Å²) in [5.74, 6) is 1.92. The molecule has 8 heteroatoms. The molecule has 1 aliphatic rings. The van der Waals surface area contributed by atoms with E-state index in [-0.39, 0.29) is 6.61 Å². The topological polar surface area (TPSA) is 87.5 Å². The Kier molecular flexibility index (Phi) is 6.11. The quantitative estimate of drug-likeness (QED) is 0.558. The first kappa shape index (κ1) is 21.4. The molecule has 3 aromatic rings. The van der Waals surface area contributed by atoms with Crippen LogP contribution < -0.4 is 14.8 Å². The highest BCUT2D eigenvalue weighted by Gasteiger charge is 2.35. The molecule has 0 bridgehead atoms. The van der Waals surface area contributed by atoms with Gasteiger partial charge in [-0.3, -0.25) is 0 Å². The highest BCUT2D eigenvalue weighted by Crippen LogP contribution is 2.39. The summed E-state index contributed by atoms with van der Waals surface area (Å²) in [6.45, 7) is 6.33. The van der Waals surface area contributed by atoms with E-state index in [1.807, 2.05) is 62.4 Å². The second-order valence-corrected chi connectivity index (χ2v) is 7.20. The van der Waals surface area contributed by atoms with E-state index in [9.17, 15) is 4.79 Å². The molecule has 1 N–H and O–H groups in total. The molecule has 0 fully saturated rings. The van der Waals surface area contributed by atoms with Crippen LogP contribution in [0.25, 0.3) is 11.4 Å². The Hall–Kier alpha value is -3.81. The predicted octanol–water partition coefficient (Wildman–Crippen LogP) is 4.20. The molecule has 1 unspecified atom stereocenters. The van der Waals surface area contributed by atoms with Gasteiger partial charge < -0.3 is 19.5 Å². The van der Waals surface area contributed by atoms with Gasteiger partial charge in [-0.25, -0.2) is 9.48 Å². The largest absolute Gasteiger partial charge is 0.493 e. The Morgan fingerprint density at radius 3 is 2.56 bits per heavy atom. The summed E-state index contributed by atoms with van der Waals surface area (Å²) in [4.78, 5) is 17.6. The number of aromatic nitrogens is 3. The monoisotopic (exact) mass is 434 g/mol. The van der Waals surface area contributed by atoms with E-state index in [1.165, 1.54) is 0 Å². The van der Waals surface area contributed by atoms with E-state index in [4.69, 9.17) is 19.3 Å². The third kappa shape index (κ3) is 3.91. The summed E-state index contributed by atoms with van der Waals surface area (Å²) in [5, 5.41) is 7.96. The number of rotatable bonds is 7. The Balaban J connectivity index is 1.87. The van der Waals surface area contributed by atoms with Crippen LogP contribution in [-0.4, -0.2) is 41.1 Å². The molecule has 1 atom stereocenters. The van der Waals surface area contributed by atoms with Crippen molar-refractivity contribution in [2.24, 2.45) is 0 Å². The number of hydrogen-bond donors (Lipinski definition) is 1. The maximum Gasteiger partial charge on any atom is 0.338 e. The minimum Gasteiger partial charge on any atom is -0.493 e. The van der Waals surface area contributed by atoms with Crippen LogP contribution in [0.3, 0.4) is 0 Å². The van der Waals surface area contributed by atoms with Gasteiger partial charge in [-0.15, -0.1) is 5.10 Å². The molecule has 32 heavy (non-hydrogen) atoms. The molecular weight excluding hydrogens is 408 g/mol. The highest BCUT2D eigenvalue weighted by molar-refractivity contribution is 5.92. The Labute approximate surface area is 186 Å². The fraction of sp³-hybridized carbons (Fsp3) is 0.292. The SMILES string of the molecule is CCOC(=O)C1=C(C)Nc2nc(-c3ccccc3)nn2C1c1ccc(OCC)c(OC)c1. The second kappa shape index (κ2) is 9.13. The zero-order valence-corrected chi connectivity index (χ0v) is 18.6. The number of nitrogens with zero attached hydrogens (tertiary/aromatic N) is 3. The van der Waals surface area contributed by atoms with Crippen LogP contribution in [0.5, 0.6) is 11.5 Å². The smallest absolute Gasteiger partial charge is 0.338 e. The van der Waals surface area contributed by atoms with E-state index in [0.717, 1.165) is 11.1 Å². The lowest BCUT2D eigenvalue weighted by molar-refractivity contribution is -0.139. The lowest BCUT2D eigenvalue weighted by atomic mass is 9.95. The van der Waals surface area contributed by atoms with Crippen molar-refractivity contribution in [2.45, 2.75) is 26.8 Å². The molecule has 1 aromatic heterocycles. The van der Waals surface area contributed by atoms with Gasteiger partial charge in [-0.1, -0.05) is 36.4 Å². The number of esters is 1. The average Bonchev–Trinajstić information content (AvgIpc) is 3.23. The van der Waals surface area contributed by atoms with Crippen LogP contribution in [0.4, 0.5) is 5.95 Å². The molecule has 0 saturated carbocycles. The fourth-order valence-electron chi connectivity index (χ4n) is 3.77.